The van der Waals surface area contributed by atoms with E-state index in [0.717, 1.165) is 5.56 Å². The highest BCUT2D eigenvalue weighted by Gasteiger charge is 2.21. The lowest BCUT2D eigenvalue weighted by molar-refractivity contribution is 0.102. The summed E-state index contributed by atoms with van der Waals surface area (Å²) in [5.41, 5.74) is 1.23. The SMILES string of the molecule is CCn1ncc(Br)c1C(=O)c1ccc(C)cc1F. The Kier molecular flexibility index (Phi) is 3.61. The second-order valence-corrected chi connectivity index (χ2v) is 4.82. The van der Waals surface area contributed by atoms with Gasteiger partial charge in [0.15, 0.2) is 0 Å². The maximum atomic E-state index is 13.8. The Morgan fingerprint density at radius 3 is 2.83 bits per heavy atom. The summed E-state index contributed by atoms with van der Waals surface area (Å²) >= 11 is 3.27. The van der Waals surface area contributed by atoms with Crippen LogP contribution < -0.4 is 0 Å². The zero-order chi connectivity index (χ0) is 13.3. The van der Waals surface area contributed by atoms with E-state index in [0.29, 0.717) is 16.7 Å². The maximum absolute atomic E-state index is 13.8. The van der Waals surface area contributed by atoms with E-state index in [2.05, 4.69) is 21.0 Å². The van der Waals surface area contributed by atoms with Gasteiger partial charge in [0.25, 0.3) is 0 Å². The molecule has 0 radical (unpaired) electrons. The fraction of sp³-hybridized carbons (Fsp3) is 0.231. The summed E-state index contributed by atoms with van der Waals surface area (Å²) in [5, 5.41) is 4.05. The number of carbonyl (C=O) groups is 1. The molecular weight excluding hydrogens is 299 g/mol. The highest BCUT2D eigenvalue weighted by Crippen LogP contribution is 2.21. The molecule has 1 aromatic carbocycles. The van der Waals surface area contributed by atoms with Gasteiger partial charge >= 0.3 is 0 Å². The zero-order valence-electron chi connectivity index (χ0n) is 10.1. The third-order valence-electron chi connectivity index (χ3n) is 2.68. The van der Waals surface area contributed by atoms with Crippen molar-refractivity contribution in [2.75, 3.05) is 0 Å². The number of aryl methyl sites for hydroxylation is 2. The molecule has 94 valence electrons. The third kappa shape index (κ3) is 2.22. The zero-order valence-corrected chi connectivity index (χ0v) is 11.7. The van der Waals surface area contributed by atoms with E-state index in [1.54, 1.807) is 23.9 Å². The van der Waals surface area contributed by atoms with Gasteiger partial charge in [-0.05, 0) is 47.5 Å². The molecule has 0 atom stereocenters. The second kappa shape index (κ2) is 5.02. The monoisotopic (exact) mass is 310 g/mol. The summed E-state index contributed by atoms with van der Waals surface area (Å²) < 4.78 is 15.9. The lowest BCUT2D eigenvalue weighted by Crippen LogP contribution is -2.12. The normalized spacial score (nSPS) is 10.7. The summed E-state index contributed by atoms with van der Waals surface area (Å²) in [6.07, 6.45) is 1.54. The molecule has 0 aliphatic rings. The van der Waals surface area contributed by atoms with E-state index in [9.17, 15) is 9.18 Å². The van der Waals surface area contributed by atoms with Crippen molar-refractivity contribution in [1.82, 2.24) is 9.78 Å². The second-order valence-electron chi connectivity index (χ2n) is 3.97. The number of rotatable bonds is 3. The number of ketones is 1. The minimum absolute atomic E-state index is 0.0662. The largest absolute Gasteiger partial charge is 0.287 e. The van der Waals surface area contributed by atoms with Gasteiger partial charge in [-0.3, -0.25) is 9.48 Å². The number of aromatic nitrogens is 2. The van der Waals surface area contributed by atoms with E-state index in [1.165, 1.54) is 12.1 Å². The Labute approximate surface area is 113 Å². The molecular formula is C13H12BrFN2O. The average Bonchev–Trinajstić information content (AvgIpc) is 2.69. The first-order valence-corrected chi connectivity index (χ1v) is 6.36. The molecule has 0 spiro atoms. The van der Waals surface area contributed by atoms with E-state index < -0.39 is 5.82 Å². The first-order chi connectivity index (χ1) is 8.54. The van der Waals surface area contributed by atoms with Gasteiger partial charge in [-0.2, -0.15) is 5.10 Å². The van der Waals surface area contributed by atoms with Crippen molar-refractivity contribution < 1.29 is 9.18 Å². The molecule has 2 rings (SSSR count). The van der Waals surface area contributed by atoms with Crippen LogP contribution >= 0.6 is 15.9 Å². The van der Waals surface area contributed by atoms with E-state index >= 15 is 0 Å². The van der Waals surface area contributed by atoms with Gasteiger partial charge in [0.05, 0.1) is 16.2 Å². The molecule has 2 aromatic rings. The van der Waals surface area contributed by atoms with Crippen molar-refractivity contribution >= 4 is 21.7 Å². The summed E-state index contributed by atoms with van der Waals surface area (Å²) in [5.74, 6) is -0.866. The van der Waals surface area contributed by atoms with Crippen LogP contribution in [0.3, 0.4) is 0 Å². The molecule has 3 nitrogen and oxygen atoms in total. The van der Waals surface area contributed by atoms with Crippen LogP contribution in [-0.4, -0.2) is 15.6 Å². The minimum Gasteiger partial charge on any atom is -0.287 e. The molecule has 0 aliphatic heterocycles. The summed E-state index contributed by atoms with van der Waals surface area (Å²) in [6, 6.07) is 4.58. The van der Waals surface area contributed by atoms with Crippen LogP contribution in [0.25, 0.3) is 0 Å². The lowest BCUT2D eigenvalue weighted by Gasteiger charge is -2.06. The van der Waals surface area contributed by atoms with E-state index in [1.807, 2.05) is 6.92 Å². The van der Waals surface area contributed by atoms with Gasteiger partial charge in [-0.1, -0.05) is 6.07 Å². The number of hydrogen-bond acceptors (Lipinski definition) is 2. The average molecular weight is 311 g/mol. The Balaban J connectivity index is 2.51. The van der Waals surface area contributed by atoms with E-state index in [4.69, 9.17) is 0 Å². The fourth-order valence-corrected chi connectivity index (χ4v) is 2.24. The van der Waals surface area contributed by atoms with Crippen LogP contribution in [0.4, 0.5) is 4.39 Å². The first kappa shape index (κ1) is 13.0. The lowest BCUT2D eigenvalue weighted by atomic mass is 10.1. The predicted molar refractivity (Wildman–Crippen MR) is 70.2 cm³/mol. The van der Waals surface area contributed by atoms with Crippen LogP contribution in [0.15, 0.2) is 28.9 Å². The molecule has 5 heteroatoms. The van der Waals surface area contributed by atoms with Gasteiger partial charge in [0, 0.05) is 6.54 Å². The smallest absolute Gasteiger partial charge is 0.215 e. The molecule has 0 aliphatic carbocycles. The number of halogens is 2. The Hall–Kier alpha value is -1.49. The molecule has 0 saturated carbocycles. The molecule has 1 aromatic heterocycles. The standard InChI is InChI=1S/C13H12BrFN2O/c1-3-17-12(10(14)7-16-17)13(18)9-5-4-8(2)6-11(9)15/h4-7H,3H2,1-2H3. The quantitative estimate of drug-likeness (QED) is 0.815. The van der Waals surface area contributed by atoms with Gasteiger partial charge in [-0.25, -0.2) is 4.39 Å². The third-order valence-corrected chi connectivity index (χ3v) is 3.26. The molecule has 0 saturated heterocycles. The molecule has 0 amide bonds. The van der Waals surface area contributed by atoms with Gasteiger partial charge < -0.3 is 0 Å². The molecule has 0 unspecified atom stereocenters. The van der Waals surface area contributed by atoms with Crippen molar-refractivity contribution in [2.24, 2.45) is 0 Å². The van der Waals surface area contributed by atoms with Gasteiger partial charge in [0.1, 0.15) is 11.5 Å². The number of nitrogens with zero attached hydrogens (tertiary/aromatic N) is 2. The molecule has 0 fully saturated rings. The Bertz CT molecular complexity index is 607. The summed E-state index contributed by atoms with van der Waals surface area (Å²) in [6.45, 7) is 4.21. The minimum atomic E-state index is -0.504. The maximum Gasteiger partial charge on any atom is 0.215 e. The van der Waals surface area contributed by atoms with Crippen LogP contribution in [0.2, 0.25) is 0 Å². The van der Waals surface area contributed by atoms with Crippen LogP contribution in [0.1, 0.15) is 28.5 Å². The van der Waals surface area contributed by atoms with Crippen molar-refractivity contribution in [3.63, 3.8) is 0 Å². The molecule has 18 heavy (non-hydrogen) atoms. The summed E-state index contributed by atoms with van der Waals surface area (Å²) in [4.78, 5) is 12.3. The predicted octanol–water partition coefficient (Wildman–Crippen LogP) is 3.34. The van der Waals surface area contributed by atoms with Crippen molar-refractivity contribution in [3.05, 3.63) is 51.5 Å². The number of benzene rings is 1. The Morgan fingerprint density at radius 2 is 2.22 bits per heavy atom. The van der Waals surface area contributed by atoms with Gasteiger partial charge in [0.2, 0.25) is 5.78 Å². The van der Waals surface area contributed by atoms with E-state index in [-0.39, 0.29) is 11.3 Å². The number of hydrogen-bond donors (Lipinski definition) is 0. The van der Waals surface area contributed by atoms with Crippen LogP contribution in [0.5, 0.6) is 0 Å². The molecule has 0 N–H and O–H groups in total. The highest BCUT2D eigenvalue weighted by atomic mass is 79.9. The van der Waals surface area contributed by atoms with Crippen molar-refractivity contribution in [3.8, 4) is 0 Å². The summed E-state index contributed by atoms with van der Waals surface area (Å²) in [7, 11) is 0. The first-order valence-electron chi connectivity index (χ1n) is 5.56. The van der Waals surface area contributed by atoms with Gasteiger partial charge in [-0.15, -0.1) is 0 Å². The van der Waals surface area contributed by atoms with Crippen LogP contribution in [-0.2, 0) is 6.54 Å². The highest BCUT2D eigenvalue weighted by molar-refractivity contribution is 9.10. The van der Waals surface area contributed by atoms with Crippen molar-refractivity contribution in [2.45, 2.75) is 20.4 Å². The molecule has 1 heterocycles. The Morgan fingerprint density at radius 1 is 1.50 bits per heavy atom. The van der Waals surface area contributed by atoms with Crippen LogP contribution in [0, 0.1) is 12.7 Å². The fourth-order valence-electron chi connectivity index (χ4n) is 1.76. The molecule has 0 bridgehead atoms. The number of carbonyl (C=O) groups excluding carboxylic acids is 1. The van der Waals surface area contributed by atoms with Crippen molar-refractivity contribution in [1.29, 1.82) is 0 Å². The topological polar surface area (TPSA) is 34.9 Å².